The molecule has 0 heterocycles. The van der Waals surface area contributed by atoms with Crippen LogP contribution in [0, 0.1) is 0 Å². The fourth-order valence-corrected chi connectivity index (χ4v) is 2.33. The third-order valence-corrected chi connectivity index (χ3v) is 4.10. The quantitative estimate of drug-likeness (QED) is 0.570. The van der Waals surface area contributed by atoms with E-state index in [2.05, 4.69) is 5.32 Å². The zero-order valence-electron chi connectivity index (χ0n) is 9.82. The fraction of sp³-hybridized carbons (Fsp3) is 1.00. The maximum Gasteiger partial charge on any atom is 0.213 e. The van der Waals surface area contributed by atoms with Crippen LogP contribution in [0.4, 0.5) is 0 Å². The molecule has 0 amide bonds. The van der Waals surface area contributed by atoms with Crippen LogP contribution in [0.5, 0.6) is 0 Å². The molecule has 0 atom stereocenters. The average molecular weight is 238 g/mol. The first-order valence-corrected chi connectivity index (χ1v) is 6.73. The first-order chi connectivity index (χ1) is 7.04. The summed E-state index contributed by atoms with van der Waals surface area (Å²) < 4.78 is 29.5. The van der Waals surface area contributed by atoms with Crippen LogP contribution in [0.15, 0.2) is 0 Å². The minimum absolute atomic E-state index is 0.217. The molecule has 0 aromatic rings. The van der Waals surface area contributed by atoms with Gasteiger partial charge in [-0.1, -0.05) is 0 Å². The van der Waals surface area contributed by atoms with Crippen LogP contribution in [-0.4, -0.2) is 59.4 Å². The summed E-state index contributed by atoms with van der Waals surface area (Å²) in [5, 5.41) is 2.99. The Kier molecular flexibility index (Phi) is 7.95. The summed E-state index contributed by atoms with van der Waals surface area (Å²) in [6.07, 6.45) is 1.58. The Morgan fingerprint density at radius 2 is 2.00 bits per heavy atom. The predicted octanol–water partition coefficient (Wildman–Crippen LogP) is -0.106. The van der Waals surface area contributed by atoms with Gasteiger partial charge in [-0.05, 0) is 26.4 Å². The molecule has 0 bridgehead atoms. The second kappa shape index (κ2) is 8.04. The van der Waals surface area contributed by atoms with Crippen molar-refractivity contribution < 1.29 is 13.2 Å². The molecule has 15 heavy (non-hydrogen) atoms. The third kappa shape index (κ3) is 6.83. The molecule has 0 saturated heterocycles. The predicted molar refractivity (Wildman–Crippen MR) is 61.5 cm³/mol. The molecular formula is C9H22N2O3S. The molecule has 0 fully saturated rings. The van der Waals surface area contributed by atoms with E-state index < -0.39 is 10.0 Å². The third-order valence-electron chi connectivity index (χ3n) is 2.16. The van der Waals surface area contributed by atoms with E-state index in [1.165, 1.54) is 4.31 Å². The number of sulfonamides is 1. The highest BCUT2D eigenvalue weighted by molar-refractivity contribution is 7.89. The number of likely N-dealkylation sites (N-methyl/N-ethyl adjacent to an activating group) is 1. The normalized spacial score (nSPS) is 12.3. The van der Waals surface area contributed by atoms with Crippen LogP contribution in [0.2, 0.25) is 0 Å². The zero-order valence-corrected chi connectivity index (χ0v) is 10.6. The number of methoxy groups -OCH3 is 1. The van der Waals surface area contributed by atoms with Crippen molar-refractivity contribution in [1.82, 2.24) is 9.62 Å². The van der Waals surface area contributed by atoms with Gasteiger partial charge in [-0.3, -0.25) is 0 Å². The minimum atomic E-state index is -3.09. The summed E-state index contributed by atoms with van der Waals surface area (Å²) >= 11 is 0. The number of hydrogen-bond donors (Lipinski definition) is 1. The molecule has 0 spiro atoms. The van der Waals surface area contributed by atoms with Crippen LogP contribution in [0.25, 0.3) is 0 Å². The van der Waals surface area contributed by atoms with Gasteiger partial charge in [0.15, 0.2) is 0 Å². The maximum atomic E-state index is 11.6. The molecule has 0 saturated carbocycles. The van der Waals surface area contributed by atoms with Crippen molar-refractivity contribution in [2.45, 2.75) is 12.8 Å². The highest BCUT2D eigenvalue weighted by Crippen LogP contribution is 2.01. The van der Waals surface area contributed by atoms with Crippen LogP contribution in [0.1, 0.15) is 12.8 Å². The molecule has 0 rings (SSSR count). The Bertz CT molecular complexity index is 242. The van der Waals surface area contributed by atoms with E-state index in [9.17, 15) is 8.42 Å². The lowest BCUT2D eigenvalue weighted by Gasteiger charge is -2.16. The van der Waals surface area contributed by atoms with Crippen LogP contribution in [-0.2, 0) is 14.8 Å². The number of nitrogens with zero attached hydrogens (tertiary/aromatic N) is 1. The summed E-state index contributed by atoms with van der Waals surface area (Å²) in [6.45, 7) is 1.72. The van der Waals surface area contributed by atoms with Gasteiger partial charge in [-0.2, -0.15) is 0 Å². The van der Waals surface area contributed by atoms with E-state index in [1.54, 1.807) is 14.2 Å². The van der Waals surface area contributed by atoms with Crippen molar-refractivity contribution in [2.75, 3.05) is 46.7 Å². The van der Waals surface area contributed by atoms with Gasteiger partial charge < -0.3 is 10.1 Å². The van der Waals surface area contributed by atoms with Gasteiger partial charge in [0.05, 0.1) is 12.4 Å². The number of hydrogen-bond acceptors (Lipinski definition) is 4. The van der Waals surface area contributed by atoms with E-state index in [-0.39, 0.29) is 5.75 Å². The lowest BCUT2D eigenvalue weighted by Crippen LogP contribution is -2.32. The Labute approximate surface area is 92.8 Å². The lowest BCUT2D eigenvalue weighted by molar-refractivity contribution is 0.185. The van der Waals surface area contributed by atoms with Gasteiger partial charge in [0.1, 0.15) is 0 Å². The van der Waals surface area contributed by atoms with Crippen molar-refractivity contribution in [3.05, 3.63) is 0 Å². The lowest BCUT2D eigenvalue weighted by atomic mass is 10.3. The fourth-order valence-electron chi connectivity index (χ4n) is 1.10. The van der Waals surface area contributed by atoms with E-state index >= 15 is 0 Å². The Balaban J connectivity index is 3.84. The molecule has 0 aliphatic heterocycles. The van der Waals surface area contributed by atoms with Crippen molar-refractivity contribution >= 4 is 10.0 Å². The van der Waals surface area contributed by atoms with E-state index in [0.717, 1.165) is 13.0 Å². The van der Waals surface area contributed by atoms with Gasteiger partial charge in [-0.15, -0.1) is 0 Å². The molecule has 92 valence electrons. The number of unbranched alkanes of at least 4 members (excludes halogenated alkanes) is 1. The van der Waals surface area contributed by atoms with Gasteiger partial charge in [0.2, 0.25) is 10.0 Å². The Morgan fingerprint density at radius 3 is 2.53 bits per heavy atom. The standard InChI is InChI=1S/C9H22N2O3S/c1-10-6-4-5-9-15(12,13)11(2)7-8-14-3/h10H,4-9H2,1-3H3. The topological polar surface area (TPSA) is 58.6 Å². The SMILES string of the molecule is CNCCCCS(=O)(=O)N(C)CCOC. The first kappa shape index (κ1) is 14.8. The van der Waals surface area contributed by atoms with E-state index in [1.807, 2.05) is 7.05 Å². The Hall–Kier alpha value is -0.170. The van der Waals surface area contributed by atoms with Crippen LogP contribution < -0.4 is 5.32 Å². The summed E-state index contributed by atoms with van der Waals surface area (Å²) in [5.74, 6) is 0.217. The van der Waals surface area contributed by atoms with Gasteiger partial charge in [0.25, 0.3) is 0 Å². The smallest absolute Gasteiger partial charge is 0.213 e. The Morgan fingerprint density at radius 1 is 1.33 bits per heavy atom. The van der Waals surface area contributed by atoms with Gasteiger partial charge in [0, 0.05) is 20.7 Å². The molecule has 6 heteroatoms. The number of ether oxygens (including phenoxy) is 1. The van der Waals surface area contributed by atoms with Crippen molar-refractivity contribution in [3.63, 3.8) is 0 Å². The zero-order chi connectivity index (χ0) is 11.7. The molecule has 0 aromatic heterocycles. The summed E-state index contributed by atoms with van der Waals surface area (Å²) in [5.41, 5.74) is 0. The summed E-state index contributed by atoms with van der Waals surface area (Å²) in [7, 11) is 1.93. The highest BCUT2D eigenvalue weighted by atomic mass is 32.2. The van der Waals surface area contributed by atoms with Crippen molar-refractivity contribution in [2.24, 2.45) is 0 Å². The average Bonchev–Trinajstić information content (AvgIpc) is 2.21. The minimum Gasteiger partial charge on any atom is -0.383 e. The second-order valence-electron chi connectivity index (χ2n) is 3.44. The largest absolute Gasteiger partial charge is 0.383 e. The number of rotatable bonds is 9. The monoisotopic (exact) mass is 238 g/mol. The highest BCUT2D eigenvalue weighted by Gasteiger charge is 2.16. The molecule has 0 aliphatic rings. The van der Waals surface area contributed by atoms with E-state index in [0.29, 0.717) is 19.6 Å². The van der Waals surface area contributed by atoms with Crippen molar-refractivity contribution in [1.29, 1.82) is 0 Å². The molecular weight excluding hydrogens is 216 g/mol. The second-order valence-corrected chi connectivity index (χ2v) is 5.64. The molecule has 5 nitrogen and oxygen atoms in total. The molecule has 0 radical (unpaired) electrons. The molecule has 1 N–H and O–H groups in total. The van der Waals surface area contributed by atoms with Gasteiger partial charge in [-0.25, -0.2) is 12.7 Å². The van der Waals surface area contributed by atoms with Crippen LogP contribution >= 0.6 is 0 Å². The van der Waals surface area contributed by atoms with Crippen LogP contribution in [0.3, 0.4) is 0 Å². The van der Waals surface area contributed by atoms with E-state index in [4.69, 9.17) is 4.74 Å². The molecule has 0 aliphatic carbocycles. The van der Waals surface area contributed by atoms with Crippen molar-refractivity contribution in [3.8, 4) is 0 Å². The molecule has 0 aromatic carbocycles. The van der Waals surface area contributed by atoms with Gasteiger partial charge >= 0.3 is 0 Å². The molecule has 0 unspecified atom stereocenters. The summed E-state index contributed by atoms with van der Waals surface area (Å²) in [6, 6.07) is 0. The maximum absolute atomic E-state index is 11.6. The first-order valence-electron chi connectivity index (χ1n) is 5.12. The summed E-state index contributed by atoms with van der Waals surface area (Å²) in [4.78, 5) is 0. The number of nitrogens with one attached hydrogen (secondary N) is 1.